The SMILES string of the molecule is CCCC/C=C\C/C=C\CCCCCCCC(=O)OCC(COC(=O)CCCCCCCCCCCCCCC/C=C\CCCCCCCCCC)OC(=O)CCCCCCCCC/C=C\C/C=C\CCCCC. The van der Waals surface area contributed by atoms with Crippen molar-refractivity contribution in [2.75, 3.05) is 13.2 Å². The maximum Gasteiger partial charge on any atom is 0.306 e. The van der Waals surface area contributed by atoms with Crippen LogP contribution in [-0.2, 0) is 28.6 Å². The van der Waals surface area contributed by atoms with Crippen LogP contribution in [-0.4, -0.2) is 37.2 Å². The van der Waals surface area contributed by atoms with Crippen LogP contribution in [0.4, 0.5) is 0 Å². The first-order valence-electron chi connectivity index (χ1n) is 32.3. The number of rotatable bonds is 59. The van der Waals surface area contributed by atoms with Gasteiger partial charge in [0.25, 0.3) is 0 Å². The molecule has 6 heteroatoms. The van der Waals surface area contributed by atoms with Gasteiger partial charge in [-0.2, -0.15) is 0 Å². The standard InChI is InChI=1S/C68H122O6/c1-4-7-10-13-16-19-22-25-28-30-31-32-33-34-35-36-37-39-40-43-46-49-52-55-58-61-67(70)73-64-65(63-72-66(69)60-57-54-51-48-45-42-27-24-21-18-15-12-9-6-3)74-68(71)62-59-56-53-50-47-44-41-38-29-26-23-20-17-14-11-8-5-2/h15,17-18,20,24,26-27,29-31,65H,4-14,16,19,21-23,25,28,32-64H2,1-3H3/b18-15-,20-17-,27-24-,29-26-,31-30-. The minimum Gasteiger partial charge on any atom is -0.462 e. The fraction of sp³-hybridized carbons (Fsp3) is 0.809. The van der Waals surface area contributed by atoms with E-state index in [1.54, 1.807) is 0 Å². The molecule has 74 heavy (non-hydrogen) atoms. The average molecular weight is 1040 g/mol. The molecule has 0 heterocycles. The van der Waals surface area contributed by atoms with Gasteiger partial charge in [-0.25, -0.2) is 0 Å². The van der Waals surface area contributed by atoms with Gasteiger partial charge in [0.05, 0.1) is 0 Å². The van der Waals surface area contributed by atoms with E-state index >= 15 is 0 Å². The highest BCUT2D eigenvalue weighted by Gasteiger charge is 2.19. The Morgan fingerprint density at radius 3 is 0.824 bits per heavy atom. The van der Waals surface area contributed by atoms with Crippen molar-refractivity contribution in [3.8, 4) is 0 Å². The largest absolute Gasteiger partial charge is 0.462 e. The summed E-state index contributed by atoms with van der Waals surface area (Å²) in [6.07, 6.45) is 79.4. The summed E-state index contributed by atoms with van der Waals surface area (Å²) in [4.78, 5) is 38.3. The molecule has 0 aliphatic rings. The first kappa shape index (κ1) is 71.1. The van der Waals surface area contributed by atoms with Crippen molar-refractivity contribution in [2.24, 2.45) is 0 Å². The summed E-state index contributed by atoms with van der Waals surface area (Å²) in [6, 6.07) is 0. The molecule has 1 unspecified atom stereocenters. The molecule has 0 amide bonds. The number of allylic oxidation sites excluding steroid dienone is 10. The highest BCUT2D eigenvalue weighted by Crippen LogP contribution is 2.17. The zero-order valence-electron chi connectivity index (χ0n) is 49.4. The van der Waals surface area contributed by atoms with E-state index in [0.29, 0.717) is 19.3 Å². The summed E-state index contributed by atoms with van der Waals surface area (Å²) in [6.45, 7) is 6.60. The van der Waals surface area contributed by atoms with Crippen molar-refractivity contribution >= 4 is 17.9 Å². The molecule has 0 rings (SSSR count). The Morgan fingerprint density at radius 1 is 0.270 bits per heavy atom. The van der Waals surface area contributed by atoms with E-state index < -0.39 is 6.10 Å². The highest BCUT2D eigenvalue weighted by molar-refractivity contribution is 5.71. The Bertz CT molecular complexity index is 1330. The van der Waals surface area contributed by atoms with Crippen LogP contribution in [0.2, 0.25) is 0 Å². The number of esters is 3. The molecule has 1 atom stereocenters. The van der Waals surface area contributed by atoms with Gasteiger partial charge in [0.1, 0.15) is 13.2 Å². The van der Waals surface area contributed by atoms with Gasteiger partial charge in [0.2, 0.25) is 0 Å². The molecule has 0 saturated heterocycles. The van der Waals surface area contributed by atoms with Crippen molar-refractivity contribution in [1.82, 2.24) is 0 Å². The fourth-order valence-electron chi connectivity index (χ4n) is 9.31. The molecule has 0 aliphatic carbocycles. The third-order valence-electron chi connectivity index (χ3n) is 14.2. The molecule has 0 N–H and O–H groups in total. The summed E-state index contributed by atoms with van der Waals surface area (Å²) < 4.78 is 16.9. The smallest absolute Gasteiger partial charge is 0.306 e. The Labute approximate surface area is 460 Å². The van der Waals surface area contributed by atoms with Crippen molar-refractivity contribution in [3.63, 3.8) is 0 Å². The Balaban J connectivity index is 4.29. The van der Waals surface area contributed by atoms with Crippen LogP contribution < -0.4 is 0 Å². The third-order valence-corrected chi connectivity index (χ3v) is 14.2. The van der Waals surface area contributed by atoms with E-state index in [-0.39, 0.29) is 31.1 Å². The zero-order chi connectivity index (χ0) is 53.6. The Hall–Kier alpha value is -2.89. The lowest BCUT2D eigenvalue weighted by atomic mass is 10.0. The summed E-state index contributed by atoms with van der Waals surface area (Å²) in [5.41, 5.74) is 0. The molecule has 0 aromatic rings. The molecular weight excluding hydrogens is 913 g/mol. The first-order valence-corrected chi connectivity index (χ1v) is 32.3. The van der Waals surface area contributed by atoms with E-state index in [2.05, 4.69) is 81.5 Å². The number of hydrogen-bond donors (Lipinski definition) is 0. The Morgan fingerprint density at radius 2 is 0.500 bits per heavy atom. The van der Waals surface area contributed by atoms with Gasteiger partial charge in [-0.1, -0.05) is 274 Å². The van der Waals surface area contributed by atoms with Crippen LogP contribution in [0.3, 0.4) is 0 Å². The number of carbonyl (C=O) groups is 3. The van der Waals surface area contributed by atoms with Crippen LogP contribution in [0.5, 0.6) is 0 Å². The van der Waals surface area contributed by atoms with Gasteiger partial charge < -0.3 is 14.2 Å². The molecule has 0 fully saturated rings. The lowest BCUT2D eigenvalue weighted by Gasteiger charge is -2.18. The van der Waals surface area contributed by atoms with Crippen LogP contribution in [0.1, 0.15) is 335 Å². The normalized spacial score (nSPS) is 12.4. The molecule has 0 saturated carbocycles. The minimum atomic E-state index is -0.785. The summed E-state index contributed by atoms with van der Waals surface area (Å²) in [7, 11) is 0. The van der Waals surface area contributed by atoms with Crippen molar-refractivity contribution in [3.05, 3.63) is 60.8 Å². The van der Waals surface area contributed by atoms with Crippen molar-refractivity contribution < 1.29 is 28.6 Å². The fourth-order valence-corrected chi connectivity index (χ4v) is 9.31. The predicted octanol–water partition coefficient (Wildman–Crippen LogP) is 21.9. The van der Waals surface area contributed by atoms with E-state index in [1.807, 2.05) is 0 Å². The molecule has 0 aromatic heterocycles. The van der Waals surface area contributed by atoms with Gasteiger partial charge in [-0.05, 0) is 103 Å². The second-order valence-corrected chi connectivity index (χ2v) is 21.7. The van der Waals surface area contributed by atoms with Crippen LogP contribution >= 0.6 is 0 Å². The monoisotopic (exact) mass is 1030 g/mol. The molecule has 0 aromatic carbocycles. The van der Waals surface area contributed by atoms with Gasteiger partial charge >= 0.3 is 17.9 Å². The topological polar surface area (TPSA) is 78.9 Å². The number of ether oxygens (including phenoxy) is 3. The van der Waals surface area contributed by atoms with E-state index in [4.69, 9.17) is 14.2 Å². The molecule has 0 radical (unpaired) electrons. The molecule has 0 spiro atoms. The van der Waals surface area contributed by atoms with Crippen molar-refractivity contribution in [2.45, 2.75) is 341 Å². The maximum absolute atomic E-state index is 12.9. The zero-order valence-corrected chi connectivity index (χ0v) is 49.4. The summed E-state index contributed by atoms with van der Waals surface area (Å²) in [5, 5.41) is 0. The van der Waals surface area contributed by atoms with Gasteiger partial charge in [-0.15, -0.1) is 0 Å². The number of unbranched alkanes of at least 4 members (excludes halogenated alkanes) is 38. The molecular formula is C68H122O6. The average Bonchev–Trinajstić information content (AvgIpc) is 3.40. The van der Waals surface area contributed by atoms with Crippen LogP contribution in [0.15, 0.2) is 60.8 Å². The first-order chi connectivity index (χ1) is 36.5. The number of carbonyl (C=O) groups excluding carboxylic acids is 3. The minimum absolute atomic E-state index is 0.0802. The lowest BCUT2D eigenvalue weighted by Crippen LogP contribution is -2.30. The Kier molecular flexibility index (Phi) is 60.2. The summed E-state index contributed by atoms with van der Waals surface area (Å²) >= 11 is 0. The second-order valence-electron chi connectivity index (χ2n) is 21.7. The van der Waals surface area contributed by atoms with Gasteiger partial charge in [0.15, 0.2) is 6.10 Å². The van der Waals surface area contributed by atoms with E-state index in [9.17, 15) is 14.4 Å². The predicted molar refractivity (Wildman–Crippen MR) is 321 cm³/mol. The molecule has 0 bridgehead atoms. The second kappa shape index (κ2) is 62.6. The maximum atomic E-state index is 12.9. The third kappa shape index (κ3) is 60.0. The summed E-state index contributed by atoms with van der Waals surface area (Å²) in [5.74, 6) is -0.887. The molecule has 0 aliphatic heterocycles. The van der Waals surface area contributed by atoms with Gasteiger partial charge in [0, 0.05) is 19.3 Å². The lowest BCUT2D eigenvalue weighted by molar-refractivity contribution is -0.167. The van der Waals surface area contributed by atoms with E-state index in [1.165, 1.54) is 205 Å². The van der Waals surface area contributed by atoms with Gasteiger partial charge in [-0.3, -0.25) is 14.4 Å². The quantitative estimate of drug-likeness (QED) is 0.0261. The highest BCUT2D eigenvalue weighted by atomic mass is 16.6. The number of hydrogen-bond acceptors (Lipinski definition) is 6. The molecule has 6 nitrogen and oxygen atoms in total. The molecule has 430 valence electrons. The van der Waals surface area contributed by atoms with Crippen molar-refractivity contribution in [1.29, 1.82) is 0 Å². The van der Waals surface area contributed by atoms with E-state index in [0.717, 1.165) is 89.9 Å². The van der Waals surface area contributed by atoms with Crippen LogP contribution in [0.25, 0.3) is 0 Å². The van der Waals surface area contributed by atoms with Crippen LogP contribution in [0, 0.1) is 0 Å².